The smallest absolute Gasteiger partial charge is 1.00 e. The van der Waals surface area contributed by atoms with Crippen LogP contribution in [0.25, 0.3) is 34.4 Å². The summed E-state index contributed by atoms with van der Waals surface area (Å²) in [5.41, 5.74) is 18.2. The number of hydrogen-bond acceptors (Lipinski definition) is 0. The molecule has 238 valence electrons. The molecule has 2 atom stereocenters. The van der Waals surface area contributed by atoms with Crippen molar-refractivity contribution in [1.82, 2.24) is 0 Å². The molecule has 4 aromatic carbocycles. The van der Waals surface area contributed by atoms with Crippen LogP contribution in [0, 0.1) is 13.8 Å². The molecule has 1 aliphatic heterocycles. The van der Waals surface area contributed by atoms with E-state index in [2.05, 4.69) is 125 Å². The molecule has 0 bridgehead atoms. The van der Waals surface area contributed by atoms with E-state index in [1.54, 1.807) is 22.3 Å². The summed E-state index contributed by atoms with van der Waals surface area (Å²) < 4.78 is 4.37. The Bertz CT molecular complexity index is 1600. The minimum atomic E-state index is -2.53. The fourth-order valence-electron chi connectivity index (χ4n) is 8.78. The molecule has 2 unspecified atom stereocenters. The maximum atomic E-state index is 2.68. The Morgan fingerprint density at radius 3 is 1.33 bits per heavy atom. The minimum Gasteiger partial charge on any atom is -1.00 e. The number of hydrogen-bond donors (Lipinski definition) is 0. The van der Waals surface area contributed by atoms with E-state index in [0.29, 0.717) is 8.45 Å². The second kappa shape index (κ2) is 14.8. The molecule has 0 N–H and O–H groups in total. The van der Waals surface area contributed by atoms with Crippen LogP contribution in [0.15, 0.2) is 96.1 Å². The van der Waals surface area contributed by atoms with Crippen LogP contribution in [0.5, 0.6) is 0 Å². The van der Waals surface area contributed by atoms with Crippen molar-refractivity contribution in [2.75, 3.05) is 0 Å². The standard InChI is InChI=1S/2C20H21.C3H6.2ClH.Ti/c2*1-3-4-6-16-13-18-7-5-8-19(20(18)14-16)17-11-9-15(2)10-12-17;1-3-2;;;/h2*5,7-14H,3-4,6H2,1-2H3;1-3H2;2*1H;/q;;;;;+2/p-2. The van der Waals surface area contributed by atoms with Crippen molar-refractivity contribution in [3.8, 4) is 22.3 Å². The molecule has 3 aliphatic rings. The van der Waals surface area contributed by atoms with Gasteiger partial charge in [0.25, 0.3) is 0 Å². The zero-order valence-electron chi connectivity index (χ0n) is 28.0. The van der Waals surface area contributed by atoms with E-state index in [4.69, 9.17) is 0 Å². The SMILES string of the molecule is CCCCC1=Cc2c(-c3ccc(C)cc3)cccc2[CH]1[Ti+2]1([CH]2C(CCCC)=Cc3c(-c4ccc(C)cc4)cccc32)[CH2]C[CH2]1.[Cl-].[Cl-]. The molecule has 1 heterocycles. The monoisotopic (exact) mass is 682 g/mol. The van der Waals surface area contributed by atoms with Crippen LogP contribution in [-0.4, -0.2) is 0 Å². The van der Waals surface area contributed by atoms with Gasteiger partial charge in [-0.15, -0.1) is 0 Å². The van der Waals surface area contributed by atoms with Crippen molar-refractivity contribution < 1.29 is 41.4 Å². The number of unbranched alkanes of at least 4 members (excludes halogenated alkanes) is 2. The van der Waals surface area contributed by atoms with E-state index in [0.717, 1.165) is 0 Å². The number of allylic oxidation sites excluding steroid dienone is 2. The first-order chi connectivity index (χ1) is 21.5. The van der Waals surface area contributed by atoms with Gasteiger partial charge in [-0.05, 0) is 0 Å². The Morgan fingerprint density at radius 1 is 0.565 bits per heavy atom. The third-order valence-corrected chi connectivity index (χ3v) is 20.8. The van der Waals surface area contributed by atoms with Crippen LogP contribution in [0.1, 0.15) is 101 Å². The number of fused-ring (bicyclic) bond motifs is 2. The van der Waals surface area contributed by atoms with Gasteiger partial charge in [-0.25, -0.2) is 0 Å². The van der Waals surface area contributed by atoms with Gasteiger partial charge in [-0.2, -0.15) is 0 Å². The van der Waals surface area contributed by atoms with Crippen molar-refractivity contribution in [2.24, 2.45) is 0 Å². The molecule has 1 fully saturated rings. The normalized spacial score (nSPS) is 18.1. The molecule has 1 saturated heterocycles. The summed E-state index contributed by atoms with van der Waals surface area (Å²) in [5.74, 6) is 0. The average Bonchev–Trinajstić information content (AvgIpc) is 3.58. The second-order valence-electron chi connectivity index (χ2n) is 13.9. The molecule has 46 heavy (non-hydrogen) atoms. The zero-order chi connectivity index (χ0) is 30.3. The van der Waals surface area contributed by atoms with E-state index in [1.807, 2.05) is 0 Å². The fraction of sp³-hybridized carbons (Fsp3) is 0.349. The van der Waals surface area contributed by atoms with Crippen molar-refractivity contribution in [3.05, 3.63) is 129 Å². The van der Waals surface area contributed by atoms with E-state index >= 15 is 0 Å². The van der Waals surface area contributed by atoms with E-state index in [1.165, 1.54) is 98.9 Å². The first-order valence-corrected chi connectivity index (χ1v) is 21.4. The van der Waals surface area contributed by atoms with Crippen LogP contribution in [-0.2, 0) is 16.6 Å². The molecule has 0 aromatic heterocycles. The minimum absolute atomic E-state index is 0. The molecule has 0 nitrogen and oxygen atoms in total. The first kappa shape index (κ1) is 35.0. The Kier molecular flexibility index (Phi) is 11.3. The maximum Gasteiger partial charge on any atom is -1.00 e. The third kappa shape index (κ3) is 6.17. The van der Waals surface area contributed by atoms with Crippen LogP contribution in [0.4, 0.5) is 0 Å². The van der Waals surface area contributed by atoms with Crippen molar-refractivity contribution in [3.63, 3.8) is 0 Å². The number of benzene rings is 4. The summed E-state index contributed by atoms with van der Waals surface area (Å²) >= 11 is -2.53. The van der Waals surface area contributed by atoms with E-state index < -0.39 is 16.6 Å². The van der Waals surface area contributed by atoms with Crippen LogP contribution >= 0.6 is 0 Å². The molecular weight excluding hydrogens is 635 g/mol. The average molecular weight is 684 g/mol. The number of halogens is 2. The molecule has 0 amide bonds. The Morgan fingerprint density at radius 2 is 0.978 bits per heavy atom. The summed E-state index contributed by atoms with van der Waals surface area (Å²) in [6.07, 6.45) is 14.4. The predicted molar refractivity (Wildman–Crippen MR) is 188 cm³/mol. The molecule has 0 saturated carbocycles. The predicted octanol–water partition coefficient (Wildman–Crippen LogP) is 7.00. The van der Waals surface area contributed by atoms with Crippen molar-refractivity contribution in [1.29, 1.82) is 0 Å². The molecule has 4 aromatic rings. The largest absolute Gasteiger partial charge is 1.00 e. The van der Waals surface area contributed by atoms with Gasteiger partial charge >= 0.3 is 271 Å². The van der Waals surface area contributed by atoms with E-state index in [9.17, 15) is 0 Å². The molecule has 0 radical (unpaired) electrons. The Labute approximate surface area is 294 Å². The molecule has 0 spiro atoms. The van der Waals surface area contributed by atoms with Gasteiger partial charge in [0.15, 0.2) is 0 Å². The van der Waals surface area contributed by atoms with Crippen molar-refractivity contribution >= 4 is 12.2 Å². The van der Waals surface area contributed by atoms with Crippen molar-refractivity contribution in [2.45, 2.75) is 90.5 Å². The van der Waals surface area contributed by atoms with Gasteiger partial charge in [-0.3, -0.25) is 0 Å². The van der Waals surface area contributed by atoms with Gasteiger partial charge < -0.3 is 24.8 Å². The Hall–Kier alpha value is -2.35. The molecule has 3 heteroatoms. The van der Waals surface area contributed by atoms with Gasteiger partial charge in [-0.1, -0.05) is 0 Å². The van der Waals surface area contributed by atoms with Gasteiger partial charge in [0.1, 0.15) is 0 Å². The maximum absolute atomic E-state index is 2.68. The summed E-state index contributed by atoms with van der Waals surface area (Å²) in [5, 5.41) is 0. The summed E-state index contributed by atoms with van der Waals surface area (Å²) in [6, 6.07) is 33.0. The van der Waals surface area contributed by atoms with E-state index in [-0.39, 0.29) is 24.8 Å². The van der Waals surface area contributed by atoms with Crippen LogP contribution in [0.3, 0.4) is 0 Å². The van der Waals surface area contributed by atoms with Crippen LogP contribution < -0.4 is 24.8 Å². The van der Waals surface area contributed by atoms with Gasteiger partial charge in [0.2, 0.25) is 0 Å². The third-order valence-electron chi connectivity index (χ3n) is 11.1. The van der Waals surface area contributed by atoms with Gasteiger partial charge in [0.05, 0.1) is 0 Å². The molecule has 7 rings (SSSR count). The summed E-state index contributed by atoms with van der Waals surface area (Å²) in [6.45, 7) is 9.11. The first-order valence-electron chi connectivity index (χ1n) is 17.3. The number of aryl methyl sites for hydroxylation is 2. The topological polar surface area (TPSA) is 0 Å². The zero-order valence-corrected chi connectivity index (χ0v) is 31.1. The fourth-order valence-corrected chi connectivity index (χ4v) is 18.7. The summed E-state index contributed by atoms with van der Waals surface area (Å²) in [7, 11) is 0. The Balaban J connectivity index is 0.00000208. The van der Waals surface area contributed by atoms with Gasteiger partial charge in [0, 0.05) is 0 Å². The van der Waals surface area contributed by atoms with Crippen LogP contribution in [0.2, 0.25) is 9.45 Å². The number of rotatable bonds is 10. The summed E-state index contributed by atoms with van der Waals surface area (Å²) in [4.78, 5) is 0. The quantitative estimate of drug-likeness (QED) is 0.158. The molecular formula is C43H48Cl2Ti. The molecule has 2 aliphatic carbocycles. The second-order valence-corrected chi connectivity index (χ2v) is 21.2.